The molecular formula is C14H12BO2. The molecule has 3 heteroatoms. The zero-order chi connectivity index (χ0) is 11.9. The quantitative estimate of drug-likeness (QED) is 0.637. The minimum absolute atomic E-state index is 0.648. The van der Waals surface area contributed by atoms with Gasteiger partial charge in [0, 0.05) is 0 Å². The van der Waals surface area contributed by atoms with Crippen LogP contribution in [0.5, 0.6) is 0 Å². The molecule has 0 saturated carbocycles. The second-order valence-corrected chi connectivity index (χ2v) is 3.53. The molecule has 0 aromatic heterocycles. The van der Waals surface area contributed by atoms with Gasteiger partial charge < -0.3 is 9.68 Å². The topological polar surface area (TPSA) is 29.5 Å². The molecule has 0 unspecified atom stereocenters. The number of benzene rings is 2. The summed E-state index contributed by atoms with van der Waals surface area (Å²) in [5, 5.41) is 8.34. The Morgan fingerprint density at radius 1 is 0.882 bits per heavy atom. The summed E-state index contributed by atoms with van der Waals surface area (Å²) >= 11 is 0. The van der Waals surface area contributed by atoms with Crippen molar-refractivity contribution < 1.29 is 9.68 Å². The maximum atomic E-state index is 8.34. The van der Waals surface area contributed by atoms with Crippen LogP contribution < -0.4 is 0 Å². The van der Waals surface area contributed by atoms with Crippen molar-refractivity contribution in [2.45, 2.75) is 0 Å². The van der Waals surface area contributed by atoms with Gasteiger partial charge in [-0.3, -0.25) is 0 Å². The summed E-state index contributed by atoms with van der Waals surface area (Å²) in [4.78, 5) is 0. The van der Waals surface area contributed by atoms with Crippen LogP contribution in [0.15, 0.2) is 60.9 Å². The zero-order valence-electron chi connectivity index (χ0n) is 9.28. The van der Waals surface area contributed by atoms with E-state index in [1.165, 1.54) is 17.4 Å². The van der Waals surface area contributed by atoms with Crippen LogP contribution in [0.4, 0.5) is 0 Å². The maximum absolute atomic E-state index is 8.34. The molecule has 0 aliphatic rings. The SMILES string of the molecule is O[B]O/C=C/c1ccc(-c2ccccc2)cc1. The molecule has 0 aliphatic carbocycles. The van der Waals surface area contributed by atoms with Gasteiger partial charge in [0.25, 0.3) is 0 Å². The molecule has 0 heterocycles. The molecule has 1 radical (unpaired) electrons. The first-order valence-electron chi connectivity index (χ1n) is 5.33. The fourth-order valence-corrected chi connectivity index (χ4v) is 1.57. The number of hydrogen-bond acceptors (Lipinski definition) is 2. The Morgan fingerprint density at radius 3 is 2.18 bits per heavy atom. The molecular weight excluding hydrogens is 211 g/mol. The standard InChI is InChI=1S/C14H12BO2/c16-15-17-11-10-12-6-8-14(9-7-12)13-4-2-1-3-5-13/h1-11,16H/b11-10+. The van der Waals surface area contributed by atoms with Gasteiger partial charge >= 0.3 is 7.69 Å². The van der Waals surface area contributed by atoms with Crippen molar-refractivity contribution in [1.82, 2.24) is 0 Å². The first kappa shape index (κ1) is 11.5. The van der Waals surface area contributed by atoms with Gasteiger partial charge in [-0.05, 0) is 22.8 Å². The highest BCUT2D eigenvalue weighted by molar-refractivity contribution is 6.16. The van der Waals surface area contributed by atoms with Gasteiger partial charge in [0.05, 0.1) is 6.26 Å². The molecule has 0 atom stereocenters. The Labute approximate surface area is 101 Å². The van der Waals surface area contributed by atoms with Crippen molar-refractivity contribution in [2.24, 2.45) is 0 Å². The molecule has 2 aromatic rings. The van der Waals surface area contributed by atoms with Gasteiger partial charge in [0.1, 0.15) is 0 Å². The minimum atomic E-state index is 0.648. The second kappa shape index (κ2) is 5.92. The van der Waals surface area contributed by atoms with Crippen LogP contribution >= 0.6 is 0 Å². The molecule has 0 fully saturated rings. The highest BCUT2D eigenvalue weighted by Crippen LogP contribution is 2.19. The van der Waals surface area contributed by atoms with Crippen LogP contribution in [0.3, 0.4) is 0 Å². The molecule has 1 N–H and O–H groups in total. The third-order valence-electron chi connectivity index (χ3n) is 2.42. The van der Waals surface area contributed by atoms with E-state index in [2.05, 4.69) is 28.9 Å². The molecule has 2 nitrogen and oxygen atoms in total. The van der Waals surface area contributed by atoms with E-state index in [1.807, 2.05) is 30.3 Å². The van der Waals surface area contributed by atoms with E-state index in [0.29, 0.717) is 7.69 Å². The molecule has 0 bridgehead atoms. The van der Waals surface area contributed by atoms with E-state index < -0.39 is 0 Å². The number of rotatable bonds is 4. The number of hydrogen-bond donors (Lipinski definition) is 1. The molecule has 2 rings (SSSR count). The van der Waals surface area contributed by atoms with Crippen molar-refractivity contribution in [3.05, 3.63) is 66.4 Å². The van der Waals surface area contributed by atoms with Crippen LogP contribution in [0, 0.1) is 0 Å². The summed E-state index contributed by atoms with van der Waals surface area (Å²) in [7, 11) is 0.648. The summed E-state index contributed by atoms with van der Waals surface area (Å²) in [6.45, 7) is 0. The first-order chi connectivity index (χ1) is 8.40. The Morgan fingerprint density at radius 2 is 1.53 bits per heavy atom. The van der Waals surface area contributed by atoms with E-state index >= 15 is 0 Å². The minimum Gasteiger partial charge on any atom is -0.543 e. The average Bonchev–Trinajstić information content (AvgIpc) is 2.41. The van der Waals surface area contributed by atoms with Crippen LogP contribution in [0.1, 0.15) is 5.56 Å². The van der Waals surface area contributed by atoms with Gasteiger partial charge in [-0.15, -0.1) is 0 Å². The molecule has 2 aromatic carbocycles. The van der Waals surface area contributed by atoms with Crippen molar-refractivity contribution >= 4 is 13.8 Å². The largest absolute Gasteiger partial charge is 0.569 e. The predicted molar refractivity (Wildman–Crippen MR) is 70.0 cm³/mol. The van der Waals surface area contributed by atoms with Crippen LogP contribution in [-0.4, -0.2) is 12.7 Å². The van der Waals surface area contributed by atoms with Crippen molar-refractivity contribution in [3.8, 4) is 11.1 Å². The molecule has 0 amide bonds. The molecule has 17 heavy (non-hydrogen) atoms. The Kier molecular flexibility index (Phi) is 4.00. The van der Waals surface area contributed by atoms with Gasteiger partial charge in [-0.2, -0.15) is 0 Å². The highest BCUT2D eigenvalue weighted by atomic mass is 16.5. The monoisotopic (exact) mass is 223 g/mol. The average molecular weight is 223 g/mol. The van der Waals surface area contributed by atoms with E-state index in [0.717, 1.165) is 5.56 Å². The lowest BCUT2D eigenvalue weighted by atomic mass is 10.0. The second-order valence-electron chi connectivity index (χ2n) is 3.53. The van der Waals surface area contributed by atoms with Gasteiger partial charge in [0.2, 0.25) is 0 Å². The normalized spacial score (nSPS) is 10.4. The lowest BCUT2D eigenvalue weighted by Crippen LogP contribution is -1.87. The lowest BCUT2D eigenvalue weighted by molar-refractivity contribution is 0.408. The highest BCUT2D eigenvalue weighted by Gasteiger charge is 1.95. The summed E-state index contributed by atoms with van der Waals surface area (Å²) < 4.78 is 4.60. The first-order valence-corrected chi connectivity index (χ1v) is 5.33. The third kappa shape index (κ3) is 3.23. The Balaban J connectivity index is 2.13. The van der Waals surface area contributed by atoms with E-state index in [9.17, 15) is 0 Å². The van der Waals surface area contributed by atoms with Crippen molar-refractivity contribution in [2.75, 3.05) is 0 Å². The fraction of sp³-hybridized carbons (Fsp3) is 0. The van der Waals surface area contributed by atoms with Gasteiger partial charge in [0.15, 0.2) is 0 Å². The summed E-state index contributed by atoms with van der Waals surface area (Å²) in [6.07, 6.45) is 3.21. The lowest BCUT2D eigenvalue weighted by Gasteiger charge is -2.01. The third-order valence-corrected chi connectivity index (χ3v) is 2.42. The summed E-state index contributed by atoms with van der Waals surface area (Å²) in [6, 6.07) is 18.3. The van der Waals surface area contributed by atoms with Crippen LogP contribution in [0.25, 0.3) is 17.2 Å². The maximum Gasteiger partial charge on any atom is 0.569 e. The Bertz CT molecular complexity index is 477. The van der Waals surface area contributed by atoms with Gasteiger partial charge in [-0.25, -0.2) is 0 Å². The smallest absolute Gasteiger partial charge is 0.543 e. The zero-order valence-corrected chi connectivity index (χ0v) is 9.28. The van der Waals surface area contributed by atoms with E-state index in [-0.39, 0.29) is 0 Å². The van der Waals surface area contributed by atoms with Gasteiger partial charge in [-0.1, -0.05) is 54.6 Å². The predicted octanol–water partition coefficient (Wildman–Crippen LogP) is 2.87. The van der Waals surface area contributed by atoms with E-state index in [1.54, 1.807) is 6.08 Å². The molecule has 0 spiro atoms. The summed E-state index contributed by atoms with van der Waals surface area (Å²) in [5.74, 6) is 0. The van der Waals surface area contributed by atoms with Crippen LogP contribution in [0.2, 0.25) is 0 Å². The summed E-state index contributed by atoms with van der Waals surface area (Å²) in [5.41, 5.74) is 3.40. The Hall–Kier alpha value is -2.00. The van der Waals surface area contributed by atoms with E-state index in [4.69, 9.17) is 5.02 Å². The molecule has 0 aliphatic heterocycles. The van der Waals surface area contributed by atoms with Crippen LogP contribution in [-0.2, 0) is 4.65 Å². The molecule has 0 saturated heterocycles. The fourth-order valence-electron chi connectivity index (χ4n) is 1.57. The van der Waals surface area contributed by atoms with Crippen molar-refractivity contribution in [3.63, 3.8) is 0 Å². The molecule has 83 valence electrons. The van der Waals surface area contributed by atoms with Crippen molar-refractivity contribution in [1.29, 1.82) is 0 Å².